The van der Waals surface area contributed by atoms with Gasteiger partial charge < -0.3 is 15.4 Å². The third kappa shape index (κ3) is 6.06. The second-order valence-corrected chi connectivity index (χ2v) is 7.89. The van der Waals surface area contributed by atoms with Crippen molar-refractivity contribution in [3.05, 3.63) is 17.5 Å². The molecular weight excluding hydrogens is 467 g/mol. The average molecular weight is 504 g/mol. The highest BCUT2D eigenvalue weighted by Gasteiger charge is 2.39. The molecule has 0 aromatic carbocycles. The van der Waals surface area contributed by atoms with Gasteiger partial charge in [0.05, 0.1) is 5.69 Å². The van der Waals surface area contributed by atoms with E-state index in [1.165, 1.54) is 31.6 Å². The lowest BCUT2D eigenvalue weighted by Gasteiger charge is -2.45. The molecule has 0 aliphatic carbocycles. The van der Waals surface area contributed by atoms with Crippen molar-refractivity contribution in [2.75, 3.05) is 46.4 Å². The Balaban J connectivity index is 0.00000280. The molecule has 0 amide bonds. The average Bonchev–Trinajstić information content (AvgIpc) is 3.32. The summed E-state index contributed by atoms with van der Waals surface area (Å²) in [6, 6.07) is 2.12. The van der Waals surface area contributed by atoms with E-state index in [1.807, 2.05) is 14.0 Å². The predicted molar refractivity (Wildman–Crippen MR) is 125 cm³/mol. The summed E-state index contributed by atoms with van der Waals surface area (Å²) in [6.07, 6.45) is 5.88. The molecule has 0 saturated carbocycles. The number of halogens is 1. The van der Waals surface area contributed by atoms with Crippen molar-refractivity contribution < 1.29 is 4.74 Å². The van der Waals surface area contributed by atoms with E-state index in [2.05, 4.69) is 43.3 Å². The fourth-order valence-electron chi connectivity index (χ4n) is 4.35. The third-order valence-corrected chi connectivity index (χ3v) is 5.95. The molecule has 2 N–H and O–H groups in total. The van der Waals surface area contributed by atoms with Gasteiger partial charge in [0.25, 0.3) is 0 Å². The van der Waals surface area contributed by atoms with Crippen LogP contribution in [-0.4, -0.2) is 72.6 Å². The van der Waals surface area contributed by atoms with Crippen molar-refractivity contribution >= 4 is 29.9 Å². The van der Waals surface area contributed by atoms with Crippen molar-refractivity contribution in [2.24, 2.45) is 4.99 Å². The van der Waals surface area contributed by atoms with Crippen LogP contribution in [-0.2, 0) is 11.3 Å². The van der Waals surface area contributed by atoms with Gasteiger partial charge in [-0.25, -0.2) is 0 Å². The molecule has 3 rings (SSSR count). The molecule has 8 heteroatoms. The van der Waals surface area contributed by atoms with Crippen LogP contribution < -0.4 is 10.6 Å². The highest BCUT2D eigenvalue weighted by molar-refractivity contribution is 14.0. The Morgan fingerprint density at radius 2 is 1.93 bits per heavy atom. The summed E-state index contributed by atoms with van der Waals surface area (Å²) in [7, 11) is 1.85. The zero-order valence-corrected chi connectivity index (χ0v) is 20.0. The van der Waals surface area contributed by atoms with E-state index in [4.69, 9.17) is 4.74 Å². The Kier molecular flexibility index (Phi) is 9.49. The van der Waals surface area contributed by atoms with Crippen LogP contribution in [0.5, 0.6) is 0 Å². The normalized spacial score (nSPS) is 20.0. The maximum absolute atomic E-state index is 5.64. The van der Waals surface area contributed by atoms with Gasteiger partial charge in [-0.15, -0.1) is 24.0 Å². The first-order valence-electron chi connectivity index (χ1n) is 10.4. The van der Waals surface area contributed by atoms with E-state index in [9.17, 15) is 0 Å². The number of nitrogens with one attached hydrogen (secondary N) is 2. The largest absolute Gasteiger partial charge is 0.381 e. The van der Waals surface area contributed by atoms with Crippen LogP contribution in [0.4, 0.5) is 0 Å². The SMILES string of the molecule is CN=C(NCCCn1nc(C)cc1C)NCC1(N2CCCC2)CCOCC1.I. The highest BCUT2D eigenvalue weighted by Crippen LogP contribution is 2.30. The lowest BCUT2D eigenvalue weighted by Crippen LogP contribution is -2.58. The zero-order valence-electron chi connectivity index (χ0n) is 17.7. The highest BCUT2D eigenvalue weighted by atomic mass is 127. The van der Waals surface area contributed by atoms with Gasteiger partial charge in [0.2, 0.25) is 0 Å². The third-order valence-electron chi connectivity index (χ3n) is 5.95. The topological polar surface area (TPSA) is 66.7 Å². The lowest BCUT2D eigenvalue weighted by atomic mass is 9.88. The Hall–Kier alpha value is -0.870. The Morgan fingerprint density at radius 3 is 2.54 bits per heavy atom. The zero-order chi connectivity index (χ0) is 19.1. The molecule has 0 spiro atoms. The van der Waals surface area contributed by atoms with Crippen LogP contribution in [0.25, 0.3) is 0 Å². The van der Waals surface area contributed by atoms with Crippen LogP contribution >= 0.6 is 24.0 Å². The summed E-state index contributed by atoms with van der Waals surface area (Å²) < 4.78 is 7.72. The number of guanidine groups is 1. The monoisotopic (exact) mass is 504 g/mol. The minimum atomic E-state index is 0. The molecule has 28 heavy (non-hydrogen) atoms. The number of rotatable bonds is 7. The van der Waals surface area contributed by atoms with Gasteiger partial charge in [-0.05, 0) is 65.1 Å². The van der Waals surface area contributed by atoms with Gasteiger partial charge >= 0.3 is 0 Å². The number of ether oxygens (including phenoxy) is 1. The molecule has 2 aliphatic heterocycles. The quantitative estimate of drug-likeness (QED) is 0.258. The number of hydrogen-bond donors (Lipinski definition) is 2. The van der Waals surface area contributed by atoms with Crippen LogP contribution in [0.3, 0.4) is 0 Å². The van der Waals surface area contributed by atoms with Gasteiger partial charge in [0.15, 0.2) is 5.96 Å². The van der Waals surface area contributed by atoms with Crippen molar-refractivity contribution in [1.82, 2.24) is 25.3 Å². The fraction of sp³-hybridized carbons (Fsp3) is 0.800. The molecule has 0 unspecified atom stereocenters. The molecule has 2 aliphatic rings. The molecule has 0 atom stereocenters. The number of aromatic nitrogens is 2. The van der Waals surface area contributed by atoms with E-state index in [0.717, 1.165) is 63.8 Å². The van der Waals surface area contributed by atoms with Crippen LogP contribution in [0.15, 0.2) is 11.1 Å². The second-order valence-electron chi connectivity index (χ2n) is 7.89. The summed E-state index contributed by atoms with van der Waals surface area (Å²) >= 11 is 0. The number of likely N-dealkylation sites (tertiary alicyclic amines) is 1. The van der Waals surface area contributed by atoms with Crippen molar-refractivity contribution in [2.45, 2.75) is 58.0 Å². The molecular formula is C20H37IN6O. The van der Waals surface area contributed by atoms with Crippen molar-refractivity contribution in [3.8, 4) is 0 Å². The summed E-state index contributed by atoms with van der Waals surface area (Å²) in [5, 5.41) is 11.6. The molecule has 2 saturated heterocycles. The van der Waals surface area contributed by atoms with E-state index in [-0.39, 0.29) is 29.5 Å². The Labute approximate surface area is 186 Å². The smallest absolute Gasteiger partial charge is 0.191 e. The maximum atomic E-state index is 5.64. The Bertz CT molecular complexity index is 620. The van der Waals surface area contributed by atoms with E-state index < -0.39 is 0 Å². The molecule has 3 heterocycles. The maximum Gasteiger partial charge on any atom is 0.191 e. The first-order chi connectivity index (χ1) is 13.1. The van der Waals surface area contributed by atoms with Crippen LogP contribution in [0.2, 0.25) is 0 Å². The first kappa shape index (κ1) is 23.4. The van der Waals surface area contributed by atoms with E-state index >= 15 is 0 Å². The molecule has 1 aromatic heterocycles. The molecule has 0 bridgehead atoms. The van der Waals surface area contributed by atoms with Crippen molar-refractivity contribution in [1.29, 1.82) is 0 Å². The number of nitrogens with zero attached hydrogens (tertiary/aromatic N) is 4. The number of aliphatic imine (C=N–C) groups is 1. The van der Waals surface area contributed by atoms with Crippen LogP contribution in [0, 0.1) is 13.8 Å². The van der Waals surface area contributed by atoms with Crippen LogP contribution in [0.1, 0.15) is 43.5 Å². The van der Waals surface area contributed by atoms with Gasteiger partial charge in [0.1, 0.15) is 0 Å². The standard InChI is InChI=1S/C20H36N6O.HI/c1-17-15-18(2)26(24-17)12-6-9-22-19(21-3)23-16-20(7-13-27-14-8-20)25-10-4-5-11-25;/h15H,4-14,16H2,1-3H3,(H2,21,22,23);1H. The summed E-state index contributed by atoms with van der Waals surface area (Å²) in [5.41, 5.74) is 2.53. The number of aryl methyl sites for hydroxylation is 3. The van der Waals surface area contributed by atoms with Gasteiger partial charge in [0, 0.05) is 51.1 Å². The molecule has 7 nitrogen and oxygen atoms in total. The Morgan fingerprint density at radius 1 is 1.21 bits per heavy atom. The van der Waals surface area contributed by atoms with Crippen molar-refractivity contribution in [3.63, 3.8) is 0 Å². The second kappa shape index (κ2) is 11.3. The van der Waals surface area contributed by atoms with Gasteiger partial charge in [-0.2, -0.15) is 5.10 Å². The van der Waals surface area contributed by atoms with Gasteiger partial charge in [-0.3, -0.25) is 14.6 Å². The minimum Gasteiger partial charge on any atom is -0.381 e. The first-order valence-corrected chi connectivity index (χ1v) is 10.4. The molecule has 160 valence electrons. The summed E-state index contributed by atoms with van der Waals surface area (Å²) in [4.78, 5) is 7.10. The molecule has 0 radical (unpaired) electrons. The molecule has 1 aromatic rings. The van der Waals surface area contributed by atoms with Gasteiger partial charge in [-0.1, -0.05) is 0 Å². The van der Waals surface area contributed by atoms with E-state index in [1.54, 1.807) is 0 Å². The predicted octanol–water partition coefficient (Wildman–Crippen LogP) is 2.32. The lowest BCUT2D eigenvalue weighted by molar-refractivity contribution is -0.0164. The fourth-order valence-corrected chi connectivity index (χ4v) is 4.35. The summed E-state index contributed by atoms with van der Waals surface area (Å²) in [5.74, 6) is 0.897. The molecule has 2 fully saturated rings. The van der Waals surface area contributed by atoms with E-state index in [0.29, 0.717) is 0 Å². The number of hydrogen-bond acceptors (Lipinski definition) is 4. The minimum absolute atomic E-state index is 0. The summed E-state index contributed by atoms with van der Waals surface area (Å²) in [6.45, 7) is 11.1.